The van der Waals surface area contributed by atoms with Crippen molar-refractivity contribution in [2.45, 2.75) is 32.4 Å². The number of aryl methyl sites for hydroxylation is 1. The van der Waals surface area contributed by atoms with Gasteiger partial charge in [-0.2, -0.15) is 4.52 Å². The van der Waals surface area contributed by atoms with Crippen LogP contribution in [0.3, 0.4) is 0 Å². The summed E-state index contributed by atoms with van der Waals surface area (Å²) in [6.07, 6.45) is 0.783. The molecule has 0 radical (unpaired) electrons. The maximum atomic E-state index is 12.4. The van der Waals surface area contributed by atoms with Gasteiger partial charge < -0.3 is 4.90 Å². The molecule has 0 amide bonds. The molecule has 25 heavy (non-hydrogen) atoms. The second-order valence-corrected chi connectivity index (χ2v) is 9.76. The number of hydrogen-bond acceptors (Lipinski definition) is 6. The van der Waals surface area contributed by atoms with E-state index in [0.29, 0.717) is 24.9 Å². The molecule has 2 saturated heterocycles. The topological polar surface area (TPSA) is 83.7 Å². The number of rotatable bonds is 4. The molecule has 2 unspecified atom stereocenters. The molecule has 2 atom stereocenters. The molecule has 0 spiro atoms. The third kappa shape index (κ3) is 2.69. The van der Waals surface area contributed by atoms with Gasteiger partial charge in [-0.05, 0) is 37.8 Å². The van der Waals surface area contributed by atoms with Gasteiger partial charge in [-0.1, -0.05) is 6.92 Å². The molecule has 9 heteroatoms. The summed E-state index contributed by atoms with van der Waals surface area (Å²) in [6, 6.07) is 3.92. The van der Waals surface area contributed by atoms with E-state index in [2.05, 4.69) is 15.1 Å². The van der Waals surface area contributed by atoms with E-state index in [0.717, 1.165) is 36.8 Å². The van der Waals surface area contributed by atoms with Crippen LogP contribution in [0.25, 0.3) is 5.65 Å². The van der Waals surface area contributed by atoms with Crippen LogP contribution in [0.1, 0.15) is 26.6 Å². The van der Waals surface area contributed by atoms with Crippen LogP contribution in [-0.4, -0.2) is 64.0 Å². The number of nitrogens with zero attached hydrogens (tertiary/aromatic N) is 6. The molecular formula is C16H24N6O2S. The van der Waals surface area contributed by atoms with E-state index in [4.69, 9.17) is 5.10 Å². The molecule has 4 heterocycles. The minimum Gasteiger partial charge on any atom is -0.355 e. The second kappa shape index (κ2) is 5.91. The molecule has 4 rings (SSSR count). The summed E-state index contributed by atoms with van der Waals surface area (Å²) in [6.45, 7) is 8.47. The Bertz CT molecular complexity index is 879. The van der Waals surface area contributed by atoms with Gasteiger partial charge in [0.25, 0.3) is 0 Å². The third-order valence-electron chi connectivity index (χ3n) is 5.36. The highest BCUT2D eigenvalue weighted by Crippen LogP contribution is 2.35. The van der Waals surface area contributed by atoms with Gasteiger partial charge in [0.05, 0.1) is 5.25 Å². The van der Waals surface area contributed by atoms with Crippen molar-refractivity contribution in [3.05, 3.63) is 18.0 Å². The molecule has 0 bridgehead atoms. The van der Waals surface area contributed by atoms with E-state index in [1.54, 1.807) is 22.7 Å². The Morgan fingerprint density at radius 2 is 1.80 bits per heavy atom. The summed E-state index contributed by atoms with van der Waals surface area (Å²) in [5.74, 6) is 2.51. The monoisotopic (exact) mass is 364 g/mol. The smallest absolute Gasteiger partial charge is 0.216 e. The maximum Gasteiger partial charge on any atom is 0.216 e. The number of anilines is 1. The molecule has 0 saturated carbocycles. The highest BCUT2D eigenvalue weighted by atomic mass is 32.2. The standard InChI is InChI=1S/C16H24N6O2S/c1-4-14-17-18-15-5-6-16(19-22(14)15)20-7-12-9-21(10-13(12)8-20)25(23,24)11(2)3/h5-6,11-13H,4,7-10H2,1-3H3. The first-order valence-corrected chi connectivity index (χ1v) is 10.4. The van der Waals surface area contributed by atoms with E-state index >= 15 is 0 Å². The highest BCUT2D eigenvalue weighted by Gasteiger charge is 2.44. The van der Waals surface area contributed by atoms with Crippen molar-refractivity contribution in [3.8, 4) is 0 Å². The Hall–Kier alpha value is -1.74. The first-order chi connectivity index (χ1) is 11.9. The van der Waals surface area contributed by atoms with Gasteiger partial charge in [0.1, 0.15) is 5.82 Å². The van der Waals surface area contributed by atoms with Crippen LogP contribution in [-0.2, 0) is 16.4 Å². The zero-order valence-electron chi connectivity index (χ0n) is 14.8. The predicted octanol–water partition coefficient (Wildman–Crippen LogP) is 0.793. The molecule has 2 fully saturated rings. The zero-order valence-corrected chi connectivity index (χ0v) is 15.6. The average Bonchev–Trinajstić information content (AvgIpc) is 3.26. The van der Waals surface area contributed by atoms with Gasteiger partial charge in [-0.3, -0.25) is 0 Å². The van der Waals surface area contributed by atoms with Crippen molar-refractivity contribution < 1.29 is 8.42 Å². The van der Waals surface area contributed by atoms with Crippen LogP contribution in [0.5, 0.6) is 0 Å². The largest absolute Gasteiger partial charge is 0.355 e. The van der Waals surface area contributed by atoms with Gasteiger partial charge in [0.15, 0.2) is 11.5 Å². The maximum absolute atomic E-state index is 12.4. The number of aromatic nitrogens is 4. The minimum atomic E-state index is -3.15. The first-order valence-electron chi connectivity index (χ1n) is 8.85. The van der Waals surface area contributed by atoms with E-state index in [-0.39, 0.29) is 5.25 Å². The zero-order chi connectivity index (χ0) is 17.8. The van der Waals surface area contributed by atoms with Crippen molar-refractivity contribution in [3.63, 3.8) is 0 Å². The predicted molar refractivity (Wildman–Crippen MR) is 95.0 cm³/mol. The summed E-state index contributed by atoms with van der Waals surface area (Å²) in [5, 5.41) is 12.6. The Labute approximate surface area is 147 Å². The van der Waals surface area contributed by atoms with Gasteiger partial charge in [0, 0.05) is 32.6 Å². The van der Waals surface area contributed by atoms with Crippen LogP contribution in [0.2, 0.25) is 0 Å². The molecule has 2 aromatic rings. The summed E-state index contributed by atoms with van der Waals surface area (Å²) < 4.78 is 28.3. The average molecular weight is 364 g/mol. The summed E-state index contributed by atoms with van der Waals surface area (Å²) in [7, 11) is -3.15. The van der Waals surface area contributed by atoms with Crippen LogP contribution < -0.4 is 4.90 Å². The number of sulfonamides is 1. The van der Waals surface area contributed by atoms with Crippen molar-refractivity contribution >= 4 is 21.5 Å². The molecular weight excluding hydrogens is 340 g/mol. The van der Waals surface area contributed by atoms with Crippen LogP contribution in [0, 0.1) is 11.8 Å². The second-order valence-electron chi connectivity index (χ2n) is 7.27. The van der Waals surface area contributed by atoms with E-state index in [1.807, 2.05) is 19.1 Å². The molecule has 8 nitrogen and oxygen atoms in total. The van der Waals surface area contributed by atoms with Crippen molar-refractivity contribution in [1.82, 2.24) is 24.1 Å². The molecule has 2 aromatic heterocycles. The first kappa shape index (κ1) is 16.7. The van der Waals surface area contributed by atoms with Crippen molar-refractivity contribution in [1.29, 1.82) is 0 Å². The fraction of sp³-hybridized carbons (Fsp3) is 0.688. The minimum absolute atomic E-state index is 0.354. The molecule has 0 aromatic carbocycles. The summed E-state index contributed by atoms with van der Waals surface area (Å²) in [5.41, 5.74) is 0.759. The van der Waals surface area contributed by atoms with Gasteiger partial charge in [-0.15, -0.1) is 15.3 Å². The molecule has 0 N–H and O–H groups in total. The van der Waals surface area contributed by atoms with Gasteiger partial charge in [-0.25, -0.2) is 12.7 Å². The van der Waals surface area contributed by atoms with Crippen LogP contribution >= 0.6 is 0 Å². The SMILES string of the molecule is CCc1nnc2ccc(N3CC4CN(S(=O)(=O)C(C)C)CC4C3)nn12. The van der Waals surface area contributed by atoms with E-state index in [1.165, 1.54) is 0 Å². The third-order valence-corrected chi connectivity index (χ3v) is 7.57. The lowest BCUT2D eigenvalue weighted by molar-refractivity contribution is 0.446. The molecule has 2 aliphatic heterocycles. The quantitative estimate of drug-likeness (QED) is 0.798. The van der Waals surface area contributed by atoms with E-state index in [9.17, 15) is 8.42 Å². The lowest BCUT2D eigenvalue weighted by atomic mass is 10.0. The van der Waals surface area contributed by atoms with Crippen LogP contribution in [0.15, 0.2) is 12.1 Å². The fourth-order valence-electron chi connectivity index (χ4n) is 3.86. The summed E-state index contributed by atoms with van der Waals surface area (Å²) in [4.78, 5) is 2.26. The van der Waals surface area contributed by atoms with Crippen LogP contribution in [0.4, 0.5) is 5.82 Å². The van der Waals surface area contributed by atoms with Crippen molar-refractivity contribution in [2.75, 3.05) is 31.1 Å². The molecule has 0 aliphatic carbocycles. The summed E-state index contributed by atoms with van der Waals surface area (Å²) >= 11 is 0. The van der Waals surface area contributed by atoms with E-state index < -0.39 is 10.0 Å². The van der Waals surface area contributed by atoms with Gasteiger partial charge >= 0.3 is 0 Å². The highest BCUT2D eigenvalue weighted by molar-refractivity contribution is 7.89. The van der Waals surface area contributed by atoms with Gasteiger partial charge in [0.2, 0.25) is 10.0 Å². The Morgan fingerprint density at radius 3 is 2.40 bits per heavy atom. The normalized spacial score (nSPS) is 24.6. The number of fused-ring (bicyclic) bond motifs is 2. The Morgan fingerprint density at radius 1 is 1.12 bits per heavy atom. The molecule has 136 valence electrons. The lowest BCUT2D eigenvalue weighted by Gasteiger charge is -2.23. The van der Waals surface area contributed by atoms with Crippen molar-refractivity contribution in [2.24, 2.45) is 11.8 Å². The molecule has 2 aliphatic rings. The number of hydrogen-bond donors (Lipinski definition) is 0. The Balaban J connectivity index is 1.52. The fourth-order valence-corrected chi connectivity index (χ4v) is 5.25. The lowest BCUT2D eigenvalue weighted by Crippen LogP contribution is -2.37. The Kier molecular flexibility index (Phi) is 3.95.